The minimum absolute atomic E-state index is 0.0454. The molecule has 4 rings (SSSR count). The Balaban J connectivity index is 0.000000171. The van der Waals surface area contributed by atoms with Gasteiger partial charge >= 0.3 is 11.9 Å². The number of nitrogens with zero attached hydrogens (tertiary/aromatic N) is 2. The molecule has 12 heteroatoms. The molecule has 0 aromatic rings. The summed E-state index contributed by atoms with van der Waals surface area (Å²) in [5.41, 5.74) is 0.0454. The molecule has 0 aromatic carbocycles. The number of hydrogen-bond acceptors (Lipinski definition) is 10. The normalized spacial score (nSPS) is 27.3. The average molecular weight is 422 g/mol. The number of amides is 2. The molecule has 0 spiro atoms. The summed E-state index contributed by atoms with van der Waals surface area (Å²) >= 11 is 0. The van der Waals surface area contributed by atoms with E-state index < -0.39 is 30.4 Å². The molecule has 1 unspecified atom stereocenters. The van der Waals surface area contributed by atoms with Crippen LogP contribution in [-0.4, -0.2) is 77.7 Å². The molecular weight excluding hydrogens is 404 g/mol. The first-order valence-electron chi connectivity index (χ1n) is 8.71. The first-order valence-corrected chi connectivity index (χ1v) is 8.71. The number of methoxy groups -OCH3 is 2. The highest BCUT2D eigenvalue weighted by molar-refractivity contribution is 5.98. The predicted molar refractivity (Wildman–Crippen MR) is 93.4 cm³/mol. The third-order valence-corrected chi connectivity index (χ3v) is 4.67. The molecule has 4 aliphatic heterocycles. The van der Waals surface area contributed by atoms with Gasteiger partial charge in [0.15, 0.2) is 30.0 Å². The Morgan fingerprint density at radius 3 is 2.33 bits per heavy atom. The van der Waals surface area contributed by atoms with E-state index in [-0.39, 0.29) is 41.9 Å². The van der Waals surface area contributed by atoms with Crippen LogP contribution in [0.5, 0.6) is 0 Å². The highest BCUT2D eigenvalue weighted by Crippen LogP contribution is 2.37. The maximum Gasteiger partial charge on any atom is 0.358 e. The summed E-state index contributed by atoms with van der Waals surface area (Å²) in [6, 6.07) is -0.897. The number of β-lactam (4-membered cyclic amide) rings is 2. The fourth-order valence-electron chi connectivity index (χ4n) is 3.26. The molecule has 0 radical (unpaired) electrons. The second-order valence-electron chi connectivity index (χ2n) is 6.27. The summed E-state index contributed by atoms with van der Waals surface area (Å²) in [7, 11) is 2.44. The van der Waals surface area contributed by atoms with Crippen molar-refractivity contribution in [1.29, 1.82) is 0 Å². The Morgan fingerprint density at radius 1 is 1.10 bits per heavy atom. The number of aliphatic hydroxyl groups is 1. The molecule has 4 aliphatic rings. The number of carbonyl (C=O) groups excluding carboxylic acids is 5. The first kappa shape index (κ1) is 20.9. The first-order chi connectivity index (χ1) is 14.4. The van der Waals surface area contributed by atoms with Gasteiger partial charge in [-0.1, -0.05) is 0 Å². The van der Waals surface area contributed by atoms with Crippen molar-refractivity contribution in [3.8, 4) is 0 Å². The fraction of sp³-hybridized carbons (Fsp3) is 0.389. The largest absolute Gasteiger partial charge is 0.515 e. The third kappa shape index (κ3) is 3.36. The molecule has 0 aliphatic carbocycles. The molecule has 2 amide bonds. The van der Waals surface area contributed by atoms with Crippen molar-refractivity contribution in [2.75, 3.05) is 14.2 Å². The number of allylic oxidation sites excluding steroid dienone is 2. The van der Waals surface area contributed by atoms with Crippen LogP contribution < -0.4 is 0 Å². The number of carbonyl (C=O) groups is 5. The van der Waals surface area contributed by atoms with Gasteiger partial charge in [-0.15, -0.1) is 0 Å². The van der Waals surface area contributed by atoms with Crippen molar-refractivity contribution in [2.24, 2.45) is 0 Å². The van der Waals surface area contributed by atoms with Crippen molar-refractivity contribution < 1.29 is 48.0 Å². The quantitative estimate of drug-likeness (QED) is 0.201. The lowest BCUT2D eigenvalue weighted by Gasteiger charge is -2.33. The van der Waals surface area contributed by atoms with Gasteiger partial charge in [-0.2, -0.15) is 0 Å². The molecule has 4 heterocycles. The Bertz CT molecular complexity index is 889. The van der Waals surface area contributed by atoms with Crippen molar-refractivity contribution in [1.82, 2.24) is 9.80 Å². The summed E-state index contributed by atoms with van der Waals surface area (Å²) in [5.74, 6) is -1.29. The zero-order valence-electron chi connectivity index (χ0n) is 16.0. The van der Waals surface area contributed by atoms with E-state index in [0.29, 0.717) is 6.29 Å². The van der Waals surface area contributed by atoms with Gasteiger partial charge < -0.3 is 24.1 Å². The second-order valence-corrected chi connectivity index (χ2v) is 6.27. The van der Waals surface area contributed by atoms with Gasteiger partial charge in [0.2, 0.25) is 11.8 Å². The number of rotatable bonds is 4. The van der Waals surface area contributed by atoms with Crippen LogP contribution in [0.1, 0.15) is 12.8 Å². The number of hydrogen-bond donors (Lipinski definition) is 1. The summed E-state index contributed by atoms with van der Waals surface area (Å²) in [4.78, 5) is 58.0. The van der Waals surface area contributed by atoms with Gasteiger partial charge in [0, 0.05) is 12.2 Å². The van der Waals surface area contributed by atoms with Crippen LogP contribution in [0, 0.1) is 0 Å². The van der Waals surface area contributed by atoms with Gasteiger partial charge in [-0.25, -0.2) is 9.59 Å². The molecule has 12 nitrogen and oxygen atoms in total. The van der Waals surface area contributed by atoms with Gasteiger partial charge in [0.05, 0.1) is 33.3 Å². The highest BCUT2D eigenvalue weighted by atomic mass is 16.6. The topological polar surface area (TPSA) is 149 Å². The van der Waals surface area contributed by atoms with E-state index in [0.717, 1.165) is 12.3 Å². The Morgan fingerprint density at radius 2 is 1.80 bits per heavy atom. The maximum atomic E-state index is 11.4. The second kappa shape index (κ2) is 8.27. The fourth-order valence-corrected chi connectivity index (χ4v) is 3.26. The minimum atomic E-state index is -0.897. The number of ether oxygens (including phenoxy) is 4. The van der Waals surface area contributed by atoms with E-state index in [9.17, 15) is 24.0 Å². The zero-order chi connectivity index (χ0) is 22.0. The van der Waals surface area contributed by atoms with Crippen LogP contribution >= 0.6 is 0 Å². The van der Waals surface area contributed by atoms with E-state index in [1.54, 1.807) is 0 Å². The smallest absolute Gasteiger partial charge is 0.358 e. The van der Waals surface area contributed by atoms with E-state index in [2.05, 4.69) is 9.47 Å². The zero-order valence-corrected chi connectivity index (χ0v) is 16.0. The molecule has 1 N–H and O–H groups in total. The molecule has 3 saturated heterocycles. The molecule has 3 fully saturated rings. The minimum Gasteiger partial charge on any atom is -0.515 e. The SMILES string of the molecule is COC(=O)C1=C(C=CO)O[C@@H]2CC(=O)N12.COC(=O)C1C(=CC=O)O[C@@H]2CC(=O)N12. The lowest BCUT2D eigenvalue weighted by atomic mass is 10.1. The number of esters is 2. The van der Waals surface area contributed by atoms with E-state index in [1.165, 1.54) is 30.1 Å². The lowest BCUT2D eigenvalue weighted by Crippen LogP contribution is -2.55. The number of aliphatic hydroxyl groups excluding tert-OH is 1. The van der Waals surface area contributed by atoms with Gasteiger partial charge in [-0.3, -0.25) is 24.2 Å². The highest BCUT2D eigenvalue weighted by Gasteiger charge is 2.54. The van der Waals surface area contributed by atoms with E-state index in [4.69, 9.17) is 14.6 Å². The molecule has 0 aromatic heterocycles. The number of aldehydes is 1. The van der Waals surface area contributed by atoms with Crippen LogP contribution in [-0.2, 0) is 42.9 Å². The monoisotopic (exact) mass is 422 g/mol. The van der Waals surface area contributed by atoms with Gasteiger partial charge in [0.1, 0.15) is 12.0 Å². The Kier molecular flexibility index (Phi) is 5.76. The molecule has 160 valence electrons. The predicted octanol–water partition coefficient (Wildman–Crippen LogP) is -0.769. The van der Waals surface area contributed by atoms with E-state index in [1.807, 2.05) is 0 Å². The van der Waals surface area contributed by atoms with Crippen LogP contribution in [0.2, 0.25) is 0 Å². The maximum absolute atomic E-state index is 11.4. The summed E-state index contributed by atoms with van der Waals surface area (Å²) in [6.45, 7) is 0. The van der Waals surface area contributed by atoms with Crippen molar-refractivity contribution in [2.45, 2.75) is 31.3 Å². The van der Waals surface area contributed by atoms with Crippen molar-refractivity contribution >= 4 is 30.0 Å². The van der Waals surface area contributed by atoms with Crippen LogP contribution in [0.15, 0.2) is 35.6 Å². The van der Waals surface area contributed by atoms with E-state index >= 15 is 0 Å². The standard InChI is InChI=1S/2C9H9NO5/c2*1-14-9(13)8-5(2-3-11)15-7-4-6(12)10(7)8/h2-3,7,11H,4H2,1H3;2-3,7-8H,4H2,1H3/t7-;7-,8?/m11/s1. The van der Waals surface area contributed by atoms with Crippen LogP contribution in [0.3, 0.4) is 0 Å². The lowest BCUT2D eigenvalue weighted by molar-refractivity contribution is -0.164. The van der Waals surface area contributed by atoms with Crippen LogP contribution in [0.4, 0.5) is 0 Å². The molecule has 3 atom stereocenters. The van der Waals surface area contributed by atoms with Gasteiger partial charge in [0.25, 0.3) is 0 Å². The molecule has 0 bridgehead atoms. The Labute approximate surface area is 169 Å². The summed E-state index contributed by atoms with van der Waals surface area (Å²) in [5, 5.41) is 8.61. The summed E-state index contributed by atoms with van der Waals surface area (Å²) in [6.07, 6.45) is 3.22. The van der Waals surface area contributed by atoms with Crippen molar-refractivity contribution in [3.63, 3.8) is 0 Å². The summed E-state index contributed by atoms with van der Waals surface area (Å²) < 4.78 is 19.6. The molecular formula is C18H18N2O10. The van der Waals surface area contributed by atoms with Gasteiger partial charge in [-0.05, 0) is 0 Å². The Hall–Kier alpha value is -3.83. The molecule has 0 saturated carbocycles. The average Bonchev–Trinajstić information content (AvgIpc) is 3.18. The van der Waals surface area contributed by atoms with Crippen molar-refractivity contribution in [3.05, 3.63) is 35.6 Å². The molecule has 30 heavy (non-hydrogen) atoms. The third-order valence-electron chi connectivity index (χ3n) is 4.67. The van der Waals surface area contributed by atoms with Crippen LogP contribution in [0.25, 0.3) is 0 Å². The number of fused-ring (bicyclic) bond motifs is 2.